The van der Waals surface area contributed by atoms with Gasteiger partial charge in [0.25, 0.3) is 11.8 Å². The lowest BCUT2D eigenvalue weighted by Crippen LogP contribution is -2.47. The third kappa shape index (κ3) is 3.73. The van der Waals surface area contributed by atoms with E-state index in [0.717, 1.165) is 16.8 Å². The Balaban J connectivity index is 1.47. The molecule has 2 aromatic rings. The minimum absolute atomic E-state index is 0.0360. The smallest absolute Gasteiger partial charge is 0.287 e. The monoisotopic (exact) mass is 451 g/mol. The van der Waals surface area contributed by atoms with Crippen LogP contribution in [-0.4, -0.2) is 47.2 Å². The van der Waals surface area contributed by atoms with Crippen LogP contribution in [-0.2, 0) is 20.9 Å². The number of hydrogen-bond donors (Lipinski definition) is 0. The fourth-order valence-electron chi connectivity index (χ4n) is 4.35. The number of carbonyl (C=O) groups is 2. The second-order valence-corrected chi connectivity index (χ2v) is 9.18. The number of carbonyl (C=O) groups excluding carboxylic acids is 2. The number of fused-ring (bicyclic) bond motifs is 1. The molecule has 1 fully saturated rings. The first-order chi connectivity index (χ1) is 15.4. The molecule has 0 saturated carbocycles. The van der Waals surface area contributed by atoms with Gasteiger partial charge in [0.1, 0.15) is 5.82 Å². The summed E-state index contributed by atoms with van der Waals surface area (Å²) in [4.78, 5) is 34.7. The van der Waals surface area contributed by atoms with E-state index in [-0.39, 0.29) is 30.5 Å². The van der Waals surface area contributed by atoms with E-state index in [0.29, 0.717) is 28.7 Å². The molecule has 3 aliphatic heterocycles. The number of ether oxygens (including phenoxy) is 1. The summed E-state index contributed by atoms with van der Waals surface area (Å²) >= 11 is 1.26. The van der Waals surface area contributed by atoms with E-state index in [2.05, 4.69) is 9.89 Å². The van der Waals surface area contributed by atoms with Crippen LogP contribution in [0.3, 0.4) is 0 Å². The van der Waals surface area contributed by atoms with Gasteiger partial charge in [0.15, 0.2) is 5.17 Å². The number of anilines is 1. The van der Waals surface area contributed by atoms with E-state index in [1.165, 1.54) is 23.9 Å². The zero-order valence-electron chi connectivity index (χ0n) is 17.7. The van der Waals surface area contributed by atoms with E-state index in [4.69, 9.17) is 4.74 Å². The zero-order valence-corrected chi connectivity index (χ0v) is 18.6. The molecule has 0 aliphatic carbocycles. The maximum absolute atomic E-state index is 13.5. The summed E-state index contributed by atoms with van der Waals surface area (Å²) in [7, 11) is 0. The van der Waals surface area contributed by atoms with Gasteiger partial charge in [-0.2, -0.15) is 4.99 Å². The number of thioether (sulfide) groups is 1. The van der Waals surface area contributed by atoms with Gasteiger partial charge >= 0.3 is 0 Å². The van der Waals surface area contributed by atoms with Crippen molar-refractivity contribution in [3.63, 3.8) is 0 Å². The highest BCUT2D eigenvalue weighted by molar-refractivity contribution is 8.18. The van der Waals surface area contributed by atoms with E-state index < -0.39 is 5.91 Å². The first-order valence-corrected chi connectivity index (χ1v) is 11.3. The van der Waals surface area contributed by atoms with Gasteiger partial charge in [0.2, 0.25) is 0 Å². The Hall–Kier alpha value is -2.97. The highest BCUT2D eigenvalue weighted by Gasteiger charge is 2.40. The number of amides is 2. The molecule has 2 atom stereocenters. The molecule has 3 aliphatic rings. The van der Waals surface area contributed by atoms with Crippen molar-refractivity contribution in [2.75, 3.05) is 18.0 Å². The quantitative estimate of drug-likeness (QED) is 0.650. The number of para-hydroxylation sites is 1. The average Bonchev–Trinajstić information content (AvgIpc) is 3.26. The highest BCUT2D eigenvalue weighted by Crippen LogP contribution is 2.44. The minimum atomic E-state index is -0.390. The number of hydrogen-bond acceptors (Lipinski definition) is 5. The van der Waals surface area contributed by atoms with Crippen molar-refractivity contribution in [1.82, 2.24) is 4.90 Å². The molecular weight excluding hydrogens is 429 g/mol. The number of aliphatic imine (C=N–C) groups is 1. The molecule has 0 unspecified atom stereocenters. The summed E-state index contributed by atoms with van der Waals surface area (Å²) in [5.74, 6) is -0.959. The molecule has 0 aromatic heterocycles. The molecule has 0 radical (unpaired) electrons. The fraction of sp³-hybridized carbons (Fsp3) is 0.292. The van der Waals surface area contributed by atoms with Crippen LogP contribution in [0.5, 0.6) is 0 Å². The van der Waals surface area contributed by atoms with Crippen LogP contribution >= 0.6 is 11.8 Å². The molecule has 2 amide bonds. The zero-order chi connectivity index (χ0) is 22.4. The third-order valence-corrected chi connectivity index (χ3v) is 6.79. The predicted octanol–water partition coefficient (Wildman–Crippen LogP) is 3.82. The predicted molar refractivity (Wildman–Crippen MR) is 123 cm³/mol. The van der Waals surface area contributed by atoms with E-state index in [1.54, 1.807) is 17.0 Å². The standard InChI is InChI=1S/C24H22FN3O3S/c1-14-11-27(12-15(2)31-14)24-26-22(29)21(32-24)20-18-5-3-4-6-19(18)28(23(20)30)13-16-7-9-17(25)10-8-16/h3-10,14-15H,11-13H2,1-2H3/b21-20-/t14-,15-/m1/s1. The summed E-state index contributed by atoms with van der Waals surface area (Å²) in [6.07, 6.45) is 0.0720. The SMILES string of the molecule is C[C@@H]1CN(C2=NC(=O)/C(=C3/C(=O)N(Cc4ccc(F)cc4)c4ccccc43)S2)C[C@@H](C)O1. The molecule has 8 heteroatoms. The van der Waals surface area contributed by atoms with Gasteiger partial charge in [-0.3, -0.25) is 9.59 Å². The van der Waals surface area contributed by atoms with Crippen molar-refractivity contribution in [3.8, 4) is 0 Å². The van der Waals surface area contributed by atoms with Crippen molar-refractivity contribution in [3.05, 3.63) is 70.4 Å². The van der Waals surface area contributed by atoms with Crippen LogP contribution in [0.4, 0.5) is 10.1 Å². The lowest BCUT2D eigenvalue weighted by molar-refractivity contribution is -0.115. The molecule has 0 spiro atoms. The Bertz CT molecular complexity index is 1150. The minimum Gasteiger partial charge on any atom is -0.372 e. The van der Waals surface area contributed by atoms with Gasteiger partial charge in [-0.1, -0.05) is 30.3 Å². The number of nitrogens with zero attached hydrogens (tertiary/aromatic N) is 3. The third-order valence-electron chi connectivity index (χ3n) is 5.68. The molecule has 164 valence electrons. The number of amidine groups is 1. The maximum atomic E-state index is 13.5. The van der Waals surface area contributed by atoms with Crippen LogP contribution in [0, 0.1) is 5.82 Å². The van der Waals surface area contributed by atoms with Crippen molar-refractivity contribution >= 4 is 40.0 Å². The lowest BCUT2D eigenvalue weighted by atomic mass is 10.1. The molecule has 3 heterocycles. The second kappa shape index (κ2) is 8.18. The van der Waals surface area contributed by atoms with Crippen LogP contribution in [0.1, 0.15) is 25.0 Å². The van der Waals surface area contributed by atoms with Crippen molar-refractivity contribution < 1.29 is 18.7 Å². The number of halogens is 1. The lowest BCUT2D eigenvalue weighted by Gasteiger charge is -2.35. The first kappa shape index (κ1) is 20.9. The van der Waals surface area contributed by atoms with Crippen molar-refractivity contribution in [2.24, 2.45) is 4.99 Å². The van der Waals surface area contributed by atoms with Crippen LogP contribution < -0.4 is 4.90 Å². The summed E-state index contributed by atoms with van der Waals surface area (Å²) in [5.41, 5.74) is 2.64. The maximum Gasteiger partial charge on any atom is 0.287 e. The number of benzene rings is 2. The number of morpholine rings is 1. The van der Waals surface area contributed by atoms with Crippen molar-refractivity contribution in [1.29, 1.82) is 0 Å². The average molecular weight is 452 g/mol. The summed E-state index contributed by atoms with van der Waals surface area (Å²) < 4.78 is 19.1. The van der Waals surface area contributed by atoms with Crippen LogP contribution in [0.25, 0.3) is 5.57 Å². The fourth-order valence-corrected chi connectivity index (χ4v) is 5.37. The first-order valence-electron chi connectivity index (χ1n) is 10.5. The molecule has 5 rings (SSSR count). The van der Waals surface area contributed by atoms with Gasteiger partial charge in [0.05, 0.1) is 34.9 Å². The van der Waals surface area contributed by atoms with Crippen molar-refractivity contribution in [2.45, 2.75) is 32.6 Å². The molecule has 6 nitrogen and oxygen atoms in total. The van der Waals surface area contributed by atoms with E-state index >= 15 is 0 Å². The number of rotatable bonds is 2. The second-order valence-electron chi connectivity index (χ2n) is 8.20. The van der Waals surface area contributed by atoms with Gasteiger partial charge in [-0.15, -0.1) is 0 Å². The normalized spacial score (nSPS) is 25.4. The molecule has 2 aromatic carbocycles. The van der Waals surface area contributed by atoms with Crippen LogP contribution in [0.2, 0.25) is 0 Å². The van der Waals surface area contributed by atoms with Gasteiger partial charge in [0, 0.05) is 18.7 Å². The molecule has 0 bridgehead atoms. The van der Waals surface area contributed by atoms with E-state index in [9.17, 15) is 14.0 Å². The topological polar surface area (TPSA) is 62.2 Å². The molecule has 1 saturated heterocycles. The van der Waals surface area contributed by atoms with E-state index in [1.807, 2.05) is 38.1 Å². The van der Waals surface area contributed by atoms with Gasteiger partial charge in [-0.05, 0) is 49.4 Å². The van der Waals surface area contributed by atoms with Gasteiger partial charge in [-0.25, -0.2) is 4.39 Å². The van der Waals surface area contributed by atoms with Gasteiger partial charge < -0.3 is 14.5 Å². The molecule has 32 heavy (non-hydrogen) atoms. The molecular formula is C24H22FN3O3S. The van der Waals surface area contributed by atoms with Crippen LogP contribution in [0.15, 0.2) is 58.4 Å². The molecule has 0 N–H and O–H groups in total. The summed E-state index contributed by atoms with van der Waals surface area (Å²) in [5, 5.41) is 0.613. The summed E-state index contributed by atoms with van der Waals surface area (Å²) in [6, 6.07) is 13.5. The summed E-state index contributed by atoms with van der Waals surface area (Å²) in [6.45, 7) is 5.57. The Kier molecular flexibility index (Phi) is 5.35. The Morgan fingerprint density at radius 1 is 1.06 bits per heavy atom. The largest absolute Gasteiger partial charge is 0.372 e. The Morgan fingerprint density at radius 3 is 2.47 bits per heavy atom. The highest BCUT2D eigenvalue weighted by atomic mass is 32.2. The Morgan fingerprint density at radius 2 is 1.75 bits per heavy atom. The Labute approximate surface area is 189 Å².